The van der Waals surface area contributed by atoms with E-state index in [9.17, 15) is 9.59 Å². The number of fused-ring (bicyclic) bond motifs is 1. The first-order valence-electron chi connectivity index (χ1n) is 7.55. The molecule has 3 fully saturated rings. The maximum atomic E-state index is 12.2. The summed E-state index contributed by atoms with van der Waals surface area (Å²) >= 11 is 0. The molecule has 2 atom stereocenters. The molecule has 1 aromatic rings. The van der Waals surface area contributed by atoms with Crippen LogP contribution in [0.5, 0.6) is 0 Å². The highest BCUT2D eigenvalue weighted by atomic mass is 16.6. The Hall–Kier alpha value is -2.04. The van der Waals surface area contributed by atoms with E-state index < -0.39 is 12.1 Å². The second-order valence-corrected chi connectivity index (χ2v) is 6.19. The van der Waals surface area contributed by atoms with Gasteiger partial charge >= 0.3 is 12.1 Å². The van der Waals surface area contributed by atoms with Gasteiger partial charge in [-0.15, -0.1) is 0 Å². The van der Waals surface area contributed by atoms with Gasteiger partial charge in [0, 0.05) is 11.1 Å². The number of carbonyl (C=O) groups is 2. The van der Waals surface area contributed by atoms with Crippen molar-refractivity contribution in [3.05, 3.63) is 29.8 Å². The molecular formula is C16H18N2O3. The van der Waals surface area contributed by atoms with Crippen molar-refractivity contribution in [3.63, 3.8) is 0 Å². The van der Waals surface area contributed by atoms with Crippen LogP contribution in [0.15, 0.2) is 24.3 Å². The minimum atomic E-state index is -0.562. The molecule has 0 spiro atoms. The largest absolute Gasteiger partial charge is 0.447 e. The molecule has 0 aromatic heterocycles. The number of nitrogens with one attached hydrogen (secondary N) is 1. The van der Waals surface area contributed by atoms with Crippen LogP contribution in [-0.4, -0.2) is 30.2 Å². The van der Waals surface area contributed by atoms with E-state index in [1.54, 1.807) is 0 Å². The van der Waals surface area contributed by atoms with E-state index >= 15 is 0 Å². The maximum absolute atomic E-state index is 12.2. The molecule has 3 amide bonds. The molecule has 1 saturated heterocycles. The fourth-order valence-corrected chi connectivity index (χ4v) is 3.98. The first-order valence-corrected chi connectivity index (χ1v) is 7.55. The standard InChI is InChI=1S/C16H18N2O3/c19-14(18-8-9-21-15(18)20)17-13-6-2-1-5-12(13)16-7-3-4-11(16)10-16/h1-2,5-6,11H,3-4,7-10H2,(H,17,19). The van der Waals surface area contributed by atoms with Gasteiger partial charge in [-0.1, -0.05) is 24.6 Å². The number of cyclic esters (lactones) is 1. The van der Waals surface area contributed by atoms with Gasteiger partial charge in [0.1, 0.15) is 6.61 Å². The molecule has 0 radical (unpaired) electrons. The minimum Gasteiger partial charge on any atom is -0.447 e. The number of urea groups is 1. The van der Waals surface area contributed by atoms with Crippen molar-refractivity contribution in [2.45, 2.75) is 31.1 Å². The summed E-state index contributed by atoms with van der Waals surface area (Å²) < 4.78 is 4.81. The number of hydrogen-bond donors (Lipinski definition) is 1. The number of ether oxygens (including phenoxy) is 1. The zero-order valence-electron chi connectivity index (χ0n) is 11.8. The van der Waals surface area contributed by atoms with Gasteiger partial charge in [0.15, 0.2) is 0 Å². The lowest BCUT2D eigenvalue weighted by molar-refractivity contribution is 0.161. The van der Waals surface area contributed by atoms with Gasteiger partial charge in [-0.05, 0) is 36.8 Å². The first-order chi connectivity index (χ1) is 10.2. The van der Waals surface area contributed by atoms with Gasteiger partial charge in [-0.25, -0.2) is 14.5 Å². The number of benzene rings is 1. The van der Waals surface area contributed by atoms with Gasteiger partial charge < -0.3 is 10.1 Å². The lowest BCUT2D eigenvalue weighted by atomic mass is 9.92. The van der Waals surface area contributed by atoms with Crippen LogP contribution < -0.4 is 5.32 Å². The lowest BCUT2D eigenvalue weighted by Crippen LogP contribution is -2.36. The molecule has 2 saturated carbocycles. The zero-order chi connectivity index (χ0) is 14.4. The number of anilines is 1. The molecule has 110 valence electrons. The second kappa shape index (κ2) is 4.48. The molecule has 2 aliphatic carbocycles. The van der Waals surface area contributed by atoms with Crippen molar-refractivity contribution < 1.29 is 14.3 Å². The molecular weight excluding hydrogens is 268 g/mol. The molecule has 0 bridgehead atoms. The summed E-state index contributed by atoms with van der Waals surface area (Å²) in [6, 6.07) is 7.60. The SMILES string of the molecule is O=C(Nc1ccccc1C12CCCC1C2)N1CCOC1=O. The van der Waals surface area contributed by atoms with Crippen LogP contribution in [0.4, 0.5) is 15.3 Å². The van der Waals surface area contributed by atoms with Crippen LogP contribution >= 0.6 is 0 Å². The number of imide groups is 1. The van der Waals surface area contributed by atoms with E-state index in [-0.39, 0.29) is 12.0 Å². The Bertz CT molecular complexity index is 615. The summed E-state index contributed by atoms with van der Waals surface area (Å²) in [5.74, 6) is 0.771. The summed E-state index contributed by atoms with van der Waals surface area (Å²) in [5, 5.41) is 2.90. The van der Waals surface area contributed by atoms with Crippen molar-refractivity contribution in [3.8, 4) is 0 Å². The van der Waals surface area contributed by atoms with Crippen LogP contribution in [0.3, 0.4) is 0 Å². The highest BCUT2D eigenvalue weighted by molar-refractivity contribution is 6.00. The van der Waals surface area contributed by atoms with E-state index in [2.05, 4.69) is 11.4 Å². The predicted octanol–water partition coefficient (Wildman–Crippen LogP) is 3.11. The molecule has 21 heavy (non-hydrogen) atoms. The average molecular weight is 286 g/mol. The normalized spacial score (nSPS) is 30.0. The lowest BCUT2D eigenvalue weighted by Gasteiger charge is -2.19. The molecule has 1 aromatic carbocycles. The monoisotopic (exact) mass is 286 g/mol. The molecule has 5 heteroatoms. The van der Waals surface area contributed by atoms with Crippen LogP contribution in [0.1, 0.15) is 31.2 Å². The van der Waals surface area contributed by atoms with Crippen LogP contribution in [0.25, 0.3) is 0 Å². The number of hydrogen-bond acceptors (Lipinski definition) is 3. The third-order valence-corrected chi connectivity index (χ3v) is 5.12. The molecule has 4 rings (SSSR count). The Kier molecular flexibility index (Phi) is 2.71. The van der Waals surface area contributed by atoms with Gasteiger partial charge in [0.05, 0.1) is 6.54 Å². The number of rotatable bonds is 2. The van der Waals surface area contributed by atoms with Crippen molar-refractivity contribution in [2.75, 3.05) is 18.5 Å². The highest BCUT2D eigenvalue weighted by Crippen LogP contribution is 2.65. The fourth-order valence-electron chi connectivity index (χ4n) is 3.98. The molecule has 1 aliphatic heterocycles. The van der Waals surface area contributed by atoms with E-state index in [1.165, 1.54) is 31.2 Å². The third-order valence-electron chi connectivity index (χ3n) is 5.12. The smallest absolute Gasteiger partial charge is 0.418 e. The zero-order valence-corrected chi connectivity index (χ0v) is 11.8. The number of carbonyl (C=O) groups excluding carboxylic acids is 2. The Labute approximate surface area is 123 Å². The summed E-state index contributed by atoms with van der Waals surface area (Å²) in [6.07, 6.45) is 4.43. The second-order valence-electron chi connectivity index (χ2n) is 6.19. The van der Waals surface area contributed by atoms with Gasteiger partial charge in [0.2, 0.25) is 0 Å². The first kappa shape index (κ1) is 12.7. The molecule has 1 heterocycles. The van der Waals surface area contributed by atoms with Gasteiger partial charge in [-0.2, -0.15) is 0 Å². The highest BCUT2D eigenvalue weighted by Gasteiger charge is 2.58. The summed E-state index contributed by atoms with van der Waals surface area (Å²) in [6.45, 7) is 0.598. The van der Waals surface area contributed by atoms with Crippen molar-refractivity contribution >= 4 is 17.8 Å². The van der Waals surface area contributed by atoms with Crippen LogP contribution in [-0.2, 0) is 10.2 Å². The summed E-state index contributed by atoms with van der Waals surface area (Å²) in [4.78, 5) is 24.8. The Balaban J connectivity index is 1.58. The van der Waals surface area contributed by atoms with Crippen molar-refractivity contribution in [1.82, 2.24) is 4.90 Å². The average Bonchev–Trinajstić information content (AvgIpc) is 2.84. The van der Waals surface area contributed by atoms with E-state index in [1.807, 2.05) is 18.2 Å². The Morgan fingerprint density at radius 1 is 1.38 bits per heavy atom. The summed E-state index contributed by atoms with van der Waals surface area (Å²) in [5.41, 5.74) is 2.34. The van der Waals surface area contributed by atoms with Crippen molar-refractivity contribution in [2.24, 2.45) is 5.92 Å². The number of para-hydroxylation sites is 1. The van der Waals surface area contributed by atoms with E-state index in [4.69, 9.17) is 4.74 Å². The number of nitrogens with zero attached hydrogens (tertiary/aromatic N) is 1. The fraction of sp³-hybridized carbons (Fsp3) is 0.500. The van der Waals surface area contributed by atoms with Crippen molar-refractivity contribution in [1.29, 1.82) is 0 Å². The third kappa shape index (κ3) is 1.91. The minimum absolute atomic E-state index is 0.273. The quantitative estimate of drug-likeness (QED) is 0.908. The number of amides is 3. The van der Waals surface area contributed by atoms with Crippen LogP contribution in [0.2, 0.25) is 0 Å². The summed E-state index contributed by atoms with van der Waals surface area (Å²) in [7, 11) is 0. The maximum Gasteiger partial charge on any atom is 0.418 e. The Morgan fingerprint density at radius 2 is 2.24 bits per heavy atom. The predicted molar refractivity (Wildman–Crippen MR) is 77.2 cm³/mol. The van der Waals surface area contributed by atoms with E-state index in [0.717, 1.165) is 16.5 Å². The van der Waals surface area contributed by atoms with Gasteiger partial charge in [0.25, 0.3) is 0 Å². The Morgan fingerprint density at radius 3 is 2.90 bits per heavy atom. The van der Waals surface area contributed by atoms with Gasteiger partial charge in [-0.3, -0.25) is 0 Å². The topological polar surface area (TPSA) is 58.6 Å². The van der Waals surface area contributed by atoms with Crippen LogP contribution in [0, 0.1) is 5.92 Å². The molecule has 2 unspecified atom stereocenters. The molecule has 3 aliphatic rings. The molecule has 1 N–H and O–H groups in total. The van der Waals surface area contributed by atoms with E-state index in [0.29, 0.717) is 6.54 Å². The molecule has 5 nitrogen and oxygen atoms in total.